The van der Waals surface area contributed by atoms with E-state index in [9.17, 15) is 9.36 Å². The van der Waals surface area contributed by atoms with Gasteiger partial charge in [-0.25, -0.2) is 0 Å². The number of hydrogen-bond acceptors (Lipinski definition) is 5. The first-order valence-corrected chi connectivity index (χ1v) is 9.59. The Morgan fingerprint density at radius 2 is 1.75 bits per heavy atom. The van der Waals surface area contributed by atoms with Crippen molar-refractivity contribution in [3.8, 4) is 0 Å². The molecule has 0 bridgehead atoms. The van der Waals surface area contributed by atoms with Gasteiger partial charge < -0.3 is 13.5 Å². The summed E-state index contributed by atoms with van der Waals surface area (Å²) < 4.78 is 30.3. The van der Waals surface area contributed by atoms with Crippen LogP contribution in [0.5, 0.6) is 0 Å². The number of Topliss-reactive ketones (excluding diaryl/α,β-unsaturated/α-hetero) is 1. The van der Waals surface area contributed by atoms with Gasteiger partial charge in [0.2, 0.25) is 0 Å². The van der Waals surface area contributed by atoms with E-state index in [0.717, 1.165) is 5.56 Å². The van der Waals surface area contributed by atoms with Gasteiger partial charge in [-0.2, -0.15) is 0 Å². The molecule has 1 aromatic carbocycles. The van der Waals surface area contributed by atoms with E-state index in [0.29, 0.717) is 17.1 Å². The predicted molar refractivity (Wildman–Crippen MR) is 92.6 cm³/mol. The Morgan fingerprint density at radius 1 is 1.17 bits per heavy atom. The molecule has 1 unspecified atom stereocenters. The van der Waals surface area contributed by atoms with Gasteiger partial charge in [-0.1, -0.05) is 30.3 Å². The van der Waals surface area contributed by atoms with Crippen molar-refractivity contribution in [1.29, 1.82) is 0 Å². The Kier molecular flexibility index (Phi) is 6.16. The molecule has 0 fully saturated rings. The molecule has 2 rings (SSSR count). The lowest BCUT2D eigenvalue weighted by Gasteiger charge is -2.25. The van der Waals surface area contributed by atoms with Crippen molar-refractivity contribution < 1.29 is 22.8 Å². The zero-order valence-corrected chi connectivity index (χ0v) is 15.3. The number of furan rings is 1. The lowest BCUT2D eigenvalue weighted by Crippen LogP contribution is -2.08. The number of ketones is 1. The van der Waals surface area contributed by atoms with E-state index in [1.807, 2.05) is 30.3 Å². The van der Waals surface area contributed by atoms with E-state index in [-0.39, 0.29) is 19.0 Å². The molecule has 0 N–H and O–H groups in total. The highest BCUT2D eigenvalue weighted by Crippen LogP contribution is 2.63. The van der Waals surface area contributed by atoms with Gasteiger partial charge in [0.05, 0.1) is 18.8 Å². The summed E-state index contributed by atoms with van der Waals surface area (Å²) in [5.41, 5.74) is 0.516. The zero-order valence-electron chi connectivity index (χ0n) is 14.4. The summed E-state index contributed by atoms with van der Waals surface area (Å²) in [5.74, 6) is 0.809. The fourth-order valence-electron chi connectivity index (χ4n) is 2.67. The topological polar surface area (TPSA) is 65.7 Å². The fraction of sp³-hybridized carbons (Fsp3) is 0.389. The van der Waals surface area contributed by atoms with Gasteiger partial charge in [-0.05, 0) is 39.3 Å². The summed E-state index contributed by atoms with van der Waals surface area (Å²) in [6.45, 7) is 7.22. The summed E-state index contributed by atoms with van der Waals surface area (Å²) in [4.78, 5) is 11.7. The molecule has 130 valence electrons. The van der Waals surface area contributed by atoms with Crippen LogP contribution in [0.2, 0.25) is 0 Å². The van der Waals surface area contributed by atoms with Gasteiger partial charge in [0.15, 0.2) is 5.78 Å². The normalized spacial score (nSPS) is 13.0. The third kappa shape index (κ3) is 3.86. The SMILES string of the molecule is CCOP(=O)(OCC)C(c1ccccc1)c1cc(C(C)=O)c(C)o1. The second kappa shape index (κ2) is 7.93. The molecule has 0 saturated carbocycles. The molecule has 0 aliphatic heterocycles. The summed E-state index contributed by atoms with van der Waals surface area (Å²) in [6.07, 6.45) is 0. The minimum absolute atomic E-state index is 0.100. The quantitative estimate of drug-likeness (QED) is 0.487. The first-order valence-electron chi connectivity index (χ1n) is 7.98. The van der Waals surface area contributed by atoms with Crippen LogP contribution in [0.1, 0.15) is 53.9 Å². The fourth-order valence-corrected chi connectivity index (χ4v) is 4.74. The summed E-state index contributed by atoms with van der Waals surface area (Å²) in [5, 5.41) is 0. The summed E-state index contributed by atoms with van der Waals surface area (Å²) >= 11 is 0. The second-order valence-corrected chi connectivity index (χ2v) is 7.48. The molecule has 1 heterocycles. The highest BCUT2D eigenvalue weighted by atomic mass is 31.2. The van der Waals surface area contributed by atoms with E-state index in [4.69, 9.17) is 13.5 Å². The minimum Gasteiger partial charge on any atom is -0.464 e. The van der Waals surface area contributed by atoms with Crippen LogP contribution in [-0.4, -0.2) is 19.0 Å². The average molecular weight is 350 g/mol. The van der Waals surface area contributed by atoms with Crippen molar-refractivity contribution in [1.82, 2.24) is 0 Å². The molecule has 1 aromatic heterocycles. The third-order valence-corrected chi connectivity index (χ3v) is 6.06. The molecular formula is C18H23O5P. The highest BCUT2D eigenvalue weighted by Gasteiger charge is 2.40. The zero-order chi connectivity index (χ0) is 17.7. The van der Waals surface area contributed by atoms with Crippen LogP contribution in [0, 0.1) is 6.92 Å². The van der Waals surface area contributed by atoms with Crippen LogP contribution in [-0.2, 0) is 13.6 Å². The van der Waals surface area contributed by atoms with E-state index in [2.05, 4.69) is 0 Å². The number of hydrogen-bond donors (Lipinski definition) is 0. The lowest BCUT2D eigenvalue weighted by molar-refractivity contribution is 0.101. The van der Waals surface area contributed by atoms with Crippen molar-refractivity contribution >= 4 is 13.4 Å². The van der Waals surface area contributed by atoms with E-state index < -0.39 is 13.3 Å². The van der Waals surface area contributed by atoms with Crippen LogP contribution in [0.25, 0.3) is 0 Å². The smallest absolute Gasteiger partial charge is 0.345 e. The molecule has 0 radical (unpaired) electrons. The Bertz CT molecular complexity index is 725. The van der Waals surface area contributed by atoms with Crippen LogP contribution in [0.15, 0.2) is 40.8 Å². The summed E-state index contributed by atoms with van der Waals surface area (Å²) in [7, 11) is -3.52. The second-order valence-electron chi connectivity index (χ2n) is 5.36. The molecule has 6 heteroatoms. The van der Waals surface area contributed by atoms with Crippen LogP contribution >= 0.6 is 7.60 Å². The maximum atomic E-state index is 13.4. The Morgan fingerprint density at radius 3 is 2.21 bits per heavy atom. The first kappa shape index (κ1) is 18.7. The first-order chi connectivity index (χ1) is 11.4. The molecule has 0 aliphatic carbocycles. The Labute approximate surface area is 142 Å². The molecule has 5 nitrogen and oxygen atoms in total. The van der Waals surface area contributed by atoms with Gasteiger partial charge in [0.25, 0.3) is 0 Å². The molecule has 1 atom stereocenters. The van der Waals surface area contributed by atoms with Crippen molar-refractivity contribution in [2.45, 2.75) is 33.4 Å². The highest BCUT2D eigenvalue weighted by molar-refractivity contribution is 7.54. The van der Waals surface area contributed by atoms with Crippen LogP contribution < -0.4 is 0 Å². The molecule has 24 heavy (non-hydrogen) atoms. The average Bonchev–Trinajstić information content (AvgIpc) is 2.90. The van der Waals surface area contributed by atoms with Gasteiger partial charge in [0.1, 0.15) is 17.2 Å². The predicted octanol–water partition coefficient (Wildman–Crippen LogP) is 5.15. The number of rotatable bonds is 8. The van der Waals surface area contributed by atoms with Crippen molar-refractivity contribution in [3.63, 3.8) is 0 Å². The van der Waals surface area contributed by atoms with Gasteiger partial charge in [0, 0.05) is 0 Å². The number of benzene rings is 1. The van der Waals surface area contributed by atoms with E-state index in [1.165, 1.54) is 6.92 Å². The molecule has 0 saturated heterocycles. The van der Waals surface area contributed by atoms with Crippen molar-refractivity contribution in [2.24, 2.45) is 0 Å². The lowest BCUT2D eigenvalue weighted by atomic mass is 10.1. The van der Waals surface area contributed by atoms with Gasteiger partial charge in [-0.3, -0.25) is 9.36 Å². The largest absolute Gasteiger partial charge is 0.464 e. The maximum Gasteiger partial charge on any atom is 0.345 e. The Balaban J connectivity index is 2.61. The maximum absolute atomic E-state index is 13.4. The van der Waals surface area contributed by atoms with Crippen molar-refractivity contribution in [3.05, 3.63) is 59.0 Å². The standard InChI is InChI=1S/C18H23O5P/c1-5-21-24(20,22-6-2)18(15-10-8-7-9-11-15)17-12-16(13(3)19)14(4)23-17/h7-12,18H,5-6H2,1-4H3. The third-order valence-electron chi connectivity index (χ3n) is 3.64. The van der Waals surface area contributed by atoms with Crippen LogP contribution in [0.3, 0.4) is 0 Å². The number of aryl methyl sites for hydroxylation is 1. The molecule has 2 aromatic rings. The van der Waals surface area contributed by atoms with E-state index >= 15 is 0 Å². The van der Waals surface area contributed by atoms with Crippen LogP contribution in [0.4, 0.5) is 0 Å². The van der Waals surface area contributed by atoms with E-state index in [1.54, 1.807) is 26.8 Å². The number of carbonyl (C=O) groups is 1. The molecule has 0 aliphatic rings. The molecule has 0 amide bonds. The summed E-state index contributed by atoms with van der Waals surface area (Å²) in [6, 6.07) is 10.9. The number of carbonyl (C=O) groups excluding carboxylic acids is 1. The monoisotopic (exact) mass is 350 g/mol. The minimum atomic E-state index is -3.52. The van der Waals surface area contributed by atoms with Crippen molar-refractivity contribution in [2.75, 3.05) is 13.2 Å². The van der Waals surface area contributed by atoms with Gasteiger partial charge in [-0.15, -0.1) is 0 Å². The molecule has 0 spiro atoms. The Hall–Kier alpha value is -1.68. The molecular weight excluding hydrogens is 327 g/mol. The van der Waals surface area contributed by atoms with Gasteiger partial charge >= 0.3 is 7.60 Å².